The molecule has 0 aliphatic heterocycles. The van der Waals surface area contributed by atoms with Gasteiger partial charge in [0.15, 0.2) is 0 Å². The SMILES string of the molecule is CCCc1cc(=O)[nH]c2cc(NC(=O)c3cccc(Cl)c3)ccc12. The Hall–Kier alpha value is -2.59. The van der Waals surface area contributed by atoms with Crippen LogP contribution in [0.3, 0.4) is 0 Å². The Morgan fingerprint density at radius 3 is 2.75 bits per heavy atom. The van der Waals surface area contributed by atoms with Crippen LogP contribution in [0.25, 0.3) is 10.9 Å². The zero-order valence-electron chi connectivity index (χ0n) is 13.2. The first-order chi connectivity index (χ1) is 11.6. The summed E-state index contributed by atoms with van der Waals surface area (Å²) < 4.78 is 0. The highest BCUT2D eigenvalue weighted by molar-refractivity contribution is 6.31. The van der Waals surface area contributed by atoms with Gasteiger partial charge in [0.05, 0.1) is 5.52 Å². The number of hydrogen-bond acceptors (Lipinski definition) is 2. The van der Waals surface area contributed by atoms with E-state index in [-0.39, 0.29) is 11.5 Å². The van der Waals surface area contributed by atoms with Gasteiger partial charge in [-0.05, 0) is 42.3 Å². The largest absolute Gasteiger partial charge is 0.322 e. The summed E-state index contributed by atoms with van der Waals surface area (Å²) in [5.74, 6) is -0.246. The standard InChI is InChI=1S/C19H17ClN2O2/c1-2-4-12-10-18(23)22-17-11-15(7-8-16(12)17)21-19(24)13-5-3-6-14(20)9-13/h3,5-11H,2,4H2,1H3,(H,21,24)(H,22,23). The topological polar surface area (TPSA) is 62.0 Å². The van der Waals surface area contributed by atoms with Crippen molar-refractivity contribution < 1.29 is 4.79 Å². The van der Waals surface area contributed by atoms with Crippen molar-refractivity contribution in [1.29, 1.82) is 0 Å². The molecule has 3 aromatic rings. The third-order valence-corrected chi connectivity index (χ3v) is 4.03. The van der Waals surface area contributed by atoms with Crippen molar-refractivity contribution in [3.05, 3.63) is 75.0 Å². The fourth-order valence-electron chi connectivity index (χ4n) is 2.72. The number of rotatable bonds is 4. The van der Waals surface area contributed by atoms with E-state index in [9.17, 15) is 9.59 Å². The first-order valence-corrected chi connectivity index (χ1v) is 8.17. The monoisotopic (exact) mass is 340 g/mol. The van der Waals surface area contributed by atoms with Crippen LogP contribution in [0.2, 0.25) is 5.02 Å². The van der Waals surface area contributed by atoms with Crippen molar-refractivity contribution in [2.24, 2.45) is 0 Å². The van der Waals surface area contributed by atoms with Crippen LogP contribution in [0.15, 0.2) is 53.3 Å². The molecule has 2 N–H and O–H groups in total. The van der Waals surface area contributed by atoms with Crippen LogP contribution in [0, 0.1) is 0 Å². The summed E-state index contributed by atoms with van der Waals surface area (Å²) in [6, 6.07) is 13.9. The number of benzene rings is 2. The number of anilines is 1. The summed E-state index contributed by atoms with van der Waals surface area (Å²) >= 11 is 5.91. The minimum Gasteiger partial charge on any atom is -0.322 e. The quantitative estimate of drug-likeness (QED) is 0.740. The molecule has 0 radical (unpaired) electrons. The van der Waals surface area contributed by atoms with Gasteiger partial charge in [0.1, 0.15) is 0 Å². The number of halogens is 1. The average molecular weight is 341 g/mol. The van der Waals surface area contributed by atoms with Crippen LogP contribution in [0.4, 0.5) is 5.69 Å². The predicted octanol–water partition coefficient (Wildman–Crippen LogP) is 4.39. The maximum absolute atomic E-state index is 12.3. The van der Waals surface area contributed by atoms with Crippen LogP contribution < -0.4 is 10.9 Å². The number of nitrogens with one attached hydrogen (secondary N) is 2. The molecule has 0 bridgehead atoms. The summed E-state index contributed by atoms with van der Waals surface area (Å²) in [6.45, 7) is 2.08. The highest BCUT2D eigenvalue weighted by Crippen LogP contribution is 2.21. The van der Waals surface area contributed by atoms with E-state index < -0.39 is 0 Å². The van der Waals surface area contributed by atoms with E-state index in [1.54, 1.807) is 36.4 Å². The second-order valence-corrected chi connectivity index (χ2v) is 6.07. The molecule has 0 aliphatic carbocycles. The van der Waals surface area contributed by atoms with Crippen LogP contribution in [-0.4, -0.2) is 10.9 Å². The Labute approximate surface area is 144 Å². The van der Waals surface area contributed by atoms with E-state index in [2.05, 4.69) is 17.2 Å². The van der Waals surface area contributed by atoms with Gasteiger partial charge in [-0.2, -0.15) is 0 Å². The molecule has 2 aromatic carbocycles. The average Bonchev–Trinajstić information content (AvgIpc) is 2.54. The van der Waals surface area contributed by atoms with Gasteiger partial charge >= 0.3 is 0 Å². The minimum absolute atomic E-state index is 0.135. The first-order valence-electron chi connectivity index (χ1n) is 7.79. The molecule has 5 heteroatoms. The maximum Gasteiger partial charge on any atom is 0.255 e. The maximum atomic E-state index is 12.3. The summed E-state index contributed by atoms with van der Waals surface area (Å²) in [7, 11) is 0. The normalized spacial score (nSPS) is 10.8. The van der Waals surface area contributed by atoms with Crippen molar-refractivity contribution in [3.8, 4) is 0 Å². The Morgan fingerprint density at radius 1 is 1.17 bits per heavy atom. The van der Waals surface area contributed by atoms with Gasteiger partial charge in [0, 0.05) is 27.7 Å². The van der Waals surface area contributed by atoms with Crippen LogP contribution in [0.1, 0.15) is 29.3 Å². The molecule has 0 spiro atoms. The van der Waals surface area contributed by atoms with Gasteiger partial charge < -0.3 is 10.3 Å². The minimum atomic E-state index is -0.246. The fourth-order valence-corrected chi connectivity index (χ4v) is 2.91. The lowest BCUT2D eigenvalue weighted by molar-refractivity contribution is 0.102. The van der Waals surface area contributed by atoms with Gasteiger partial charge in [-0.1, -0.05) is 37.1 Å². The van der Waals surface area contributed by atoms with Crippen molar-refractivity contribution >= 4 is 34.1 Å². The molecule has 1 amide bonds. The number of carbonyl (C=O) groups is 1. The third-order valence-electron chi connectivity index (χ3n) is 3.79. The number of amides is 1. The van der Waals surface area contributed by atoms with Crippen molar-refractivity contribution in [1.82, 2.24) is 4.98 Å². The number of fused-ring (bicyclic) bond motifs is 1. The molecule has 1 heterocycles. The van der Waals surface area contributed by atoms with Gasteiger partial charge in [0.25, 0.3) is 5.91 Å². The lowest BCUT2D eigenvalue weighted by Crippen LogP contribution is -2.12. The van der Waals surface area contributed by atoms with Crippen LogP contribution in [0.5, 0.6) is 0 Å². The Kier molecular flexibility index (Phi) is 4.67. The van der Waals surface area contributed by atoms with Gasteiger partial charge in [0.2, 0.25) is 5.56 Å². The molecule has 0 fully saturated rings. The lowest BCUT2D eigenvalue weighted by Gasteiger charge is -2.09. The third kappa shape index (κ3) is 3.49. The van der Waals surface area contributed by atoms with E-state index >= 15 is 0 Å². The van der Waals surface area contributed by atoms with E-state index in [0.717, 1.165) is 29.3 Å². The summed E-state index contributed by atoms with van der Waals surface area (Å²) in [5, 5.41) is 4.34. The van der Waals surface area contributed by atoms with Gasteiger partial charge in [-0.25, -0.2) is 0 Å². The molecule has 0 unspecified atom stereocenters. The molecule has 122 valence electrons. The summed E-state index contributed by atoms with van der Waals surface area (Å²) in [5.41, 5.74) is 2.70. The number of hydrogen-bond donors (Lipinski definition) is 2. The van der Waals surface area contributed by atoms with Crippen molar-refractivity contribution in [2.75, 3.05) is 5.32 Å². The predicted molar refractivity (Wildman–Crippen MR) is 98.0 cm³/mol. The molecule has 3 rings (SSSR count). The lowest BCUT2D eigenvalue weighted by atomic mass is 10.0. The zero-order valence-corrected chi connectivity index (χ0v) is 14.0. The van der Waals surface area contributed by atoms with E-state index in [4.69, 9.17) is 11.6 Å². The second kappa shape index (κ2) is 6.89. The molecule has 24 heavy (non-hydrogen) atoms. The number of pyridine rings is 1. The second-order valence-electron chi connectivity index (χ2n) is 5.63. The van der Waals surface area contributed by atoms with E-state index in [0.29, 0.717) is 16.3 Å². The van der Waals surface area contributed by atoms with Crippen molar-refractivity contribution in [2.45, 2.75) is 19.8 Å². The Balaban J connectivity index is 1.93. The number of H-pyrrole nitrogens is 1. The summed E-state index contributed by atoms with van der Waals surface area (Å²) in [6.07, 6.45) is 1.81. The van der Waals surface area contributed by atoms with Crippen molar-refractivity contribution in [3.63, 3.8) is 0 Å². The molecule has 4 nitrogen and oxygen atoms in total. The molecule has 0 saturated carbocycles. The number of carbonyl (C=O) groups excluding carboxylic acids is 1. The molecular formula is C19H17ClN2O2. The van der Waals surface area contributed by atoms with Crippen LogP contribution >= 0.6 is 11.6 Å². The smallest absolute Gasteiger partial charge is 0.255 e. The van der Waals surface area contributed by atoms with Gasteiger partial charge in [-0.15, -0.1) is 0 Å². The van der Waals surface area contributed by atoms with E-state index in [1.807, 2.05) is 12.1 Å². The highest BCUT2D eigenvalue weighted by Gasteiger charge is 2.08. The van der Waals surface area contributed by atoms with Crippen LogP contribution in [-0.2, 0) is 6.42 Å². The highest BCUT2D eigenvalue weighted by atomic mass is 35.5. The first kappa shape index (κ1) is 16.3. The Bertz CT molecular complexity index is 963. The molecule has 0 aliphatic rings. The number of aryl methyl sites for hydroxylation is 1. The molecule has 0 atom stereocenters. The summed E-state index contributed by atoms with van der Waals surface area (Å²) in [4.78, 5) is 26.9. The fraction of sp³-hybridized carbons (Fsp3) is 0.158. The van der Waals surface area contributed by atoms with E-state index in [1.165, 1.54) is 0 Å². The Morgan fingerprint density at radius 2 is 2.00 bits per heavy atom. The molecule has 0 saturated heterocycles. The molecular weight excluding hydrogens is 324 g/mol. The number of aromatic nitrogens is 1. The van der Waals surface area contributed by atoms with Gasteiger partial charge in [-0.3, -0.25) is 9.59 Å². The molecule has 1 aromatic heterocycles. The number of aromatic amines is 1. The zero-order chi connectivity index (χ0) is 17.1.